The summed E-state index contributed by atoms with van der Waals surface area (Å²) in [7, 11) is 0. The molecule has 4 aliphatic rings. The van der Waals surface area contributed by atoms with Gasteiger partial charge in [0, 0.05) is 5.92 Å². The number of aliphatic hydroxyl groups is 1. The molecule has 2 fully saturated rings. The molecule has 212 valence electrons. The Morgan fingerprint density at radius 1 is 1.13 bits per heavy atom. The molecule has 3 aliphatic carbocycles. The van der Waals surface area contributed by atoms with Gasteiger partial charge in [0.05, 0.1) is 17.9 Å². The molecule has 1 saturated heterocycles. The van der Waals surface area contributed by atoms with Crippen LogP contribution < -0.4 is 0 Å². The molecule has 1 N–H and O–H groups in total. The van der Waals surface area contributed by atoms with E-state index < -0.39 is 46.8 Å². The van der Waals surface area contributed by atoms with E-state index in [0.717, 1.165) is 17.6 Å². The van der Waals surface area contributed by atoms with Crippen molar-refractivity contribution in [3.63, 3.8) is 0 Å². The third-order valence-corrected chi connectivity index (χ3v) is 10.4. The van der Waals surface area contributed by atoms with Crippen LogP contribution >= 0.6 is 0 Å². The van der Waals surface area contributed by atoms with Crippen LogP contribution in [0, 0.1) is 28.6 Å². The zero-order chi connectivity index (χ0) is 28.5. The second kappa shape index (κ2) is 9.39. The first-order valence-corrected chi connectivity index (χ1v) is 14.4. The third kappa shape index (κ3) is 4.00. The van der Waals surface area contributed by atoms with E-state index in [-0.39, 0.29) is 29.6 Å². The first-order chi connectivity index (χ1) is 18.2. The molecule has 1 saturated carbocycles. The predicted octanol–water partition coefficient (Wildman–Crippen LogP) is 5.75. The first kappa shape index (κ1) is 28.3. The maximum Gasteiger partial charge on any atom is 0.314 e. The van der Waals surface area contributed by atoms with E-state index >= 15 is 0 Å². The molecule has 2 bridgehead atoms. The lowest BCUT2D eigenvalue weighted by Crippen LogP contribution is -2.68. The fourth-order valence-corrected chi connectivity index (χ4v) is 7.78. The molecule has 1 heterocycles. The lowest BCUT2D eigenvalue weighted by molar-refractivity contribution is -0.304. The first-order valence-electron chi connectivity index (χ1n) is 14.4. The van der Waals surface area contributed by atoms with Crippen LogP contribution in [0.2, 0.25) is 0 Å². The average molecular weight is 537 g/mol. The Hall–Kier alpha value is -2.28. The third-order valence-electron chi connectivity index (χ3n) is 10.4. The van der Waals surface area contributed by atoms with Crippen molar-refractivity contribution >= 4 is 11.8 Å². The average Bonchev–Trinajstić information content (AvgIpc) is 3.04. The number of ether oxygens (including phenoxy) is 3. The molecule has 1 aromatic carbocycles. The Morgan fingerprint density at radius 2 is 1.79 bits per heavy atom. The molecular weight excluding hydrogens is 492 g/mol. The van der Waals surface area contributed by atoms with E-state index in [1.807, 2.05) is 70.2 Å². The highest BCUT2D eigenvalue weighted by Crippen LogP contribution is 2.64. The van der Waals surface area contributed by atoms with E-state index in [4.69, 9.17) is 14.2 Å². The zero-order valence-corrected chi connectivity index (χ0v) is 24.6. The minimum absolute atomic E-state index is 0.0249. The molecule has 0 amide bonds. The van der Waals surface area contributed by atoms with E-state index in [9.17, 15) is 14.7 Å². The summed E-state index contributed by atoms with van der Waals surface area (Å²) in [6.07, 6.45) is 3.31. The maximum atomic E-state index is 14.8. The number of esters is 1. The van der Waals surface area contributed by atoms with Crippen LogP contribution in [-0.4, -0.2) is 47.1 Å². The van der Waals surface area contributed by atoms with Crippen LogP contribution in [0.3, 0.4) is 0 Å². The SMILES string of the molecule is CCC(C(=O)O[C@H]1C(C)=CC23C(=O)C(C=C4COC(C)(C)O[C@H]4[C@]12O)C(C)(C)[C@@H](C)CC3C)c1ccccc1. The Morgan fingerprint density at radius 3 is 2.44 bits per heavy atom. The molecule has 4 unspecified atom stereocenters. The molecule has 5 rings (SSSR count). The maximum absolute atomic E-state index is 14.8. The van der Waals surface area contributed by atoms with Gasteiger partial charge in [-0.3, -0.25) is 9.59 Å². The van der Waals surface area contributed by atoms with Crippen molar-refractivity contribution < 1.29 is 28.9 Å². The van der Waals surface area contributed by atoms with Crippen molar-refractivity contribution in [2.75, 3.05) is 6.61 Å². The molecule has 6 nitrogen and oxygen atoms in total. The van der Waals surface area contributed by atoms with Gasteiger partial charge in [0.2, 0.25) is 0 Å². The summed E-state index contributed by atoms with van der Waals surface area (Å²) in [5.74, 6) is -2.33. The summed E-state index contributed by atoms with van der Waals surface area (Å²) in [6, 6.07) is 9.57. The molecule has 1 aliphatic heterocycles. The highest BCUT2D eigenvalue weighted by atomic mass is 16.7. The highest BCUT2D eigenvalue weighted by Gasteiger charge is 2.74. The van der Waals surface area contributed by atoms with Crippen molar-refractivity contribution in [3.05, 3.63) is 59.2 Å². The number of hydrogen-bond donors (Lipinski definition) is 1. The number of benzene rings is 1. The topological polar surface area (TPSA) is 82.1 Å². The monoisotopic (exact) mass is 536 g/mol. The zero-order valence-electron chi connectivity index (χ0n) is 24.6. The van der Waals surface area contributed by atoms with Gasteiger partial charge in [-0.15, -0.1) is 0 Å². The summed E-state index contributed by atoms with van der Waals surface area (Å²) in [6.45, 7) is 16.2. The summed E-state index contributed by atoms with van der Waals surface area (Å²) < 4.78 is 18.9. The van der Waals surface area contributed by atoms with Gasteiger partial charge in [-0.05, 0) is 67.6 Å². The Bertz CT molecular complexity index is 1210. The van der Waals surface area contributed by atoms with Crippen LogP contribution in [0.5, 0.6) is 0 Å². The number of carbonyl (C=O) groups excluding carboxylic acids is 2. The van der Waals surface area contributed by atoms with Crippen LogP contribution in [-0.2, 0) is 23.8 Å². The smallest absolute Gasteiger partial charge is 0.314 e. The lowest BCUT2D eigenvalue weighted by Gasteiger charge is -2.52. The quantitative estimate of drug-likeness (QED) is 0.390. The van der Waals surface area contributed by atoms with E-state index in [1.165, 1.54) is 0 Å². The molecular formula is C33H44O6. The van der Waals surface area contributed by atoms with Crippen molar-refractivity contribution in [2.24, 2.45) is 28.6 Å². The number of rotatable bonds is 4. The van der Waals surface area contributed by atoms with Crippen molar-refractivity contribution in [3.8, 4) is 0 Å². The normalized spacial score (nSPS) is 39.3. The largest absolute Gasteiger partial charge is 0.454 e. The second-order valence-electron chi connectivity index (χ2n) is 13.4. The van der Waals surface area contributed by atoms with E-state index in [1.54, 1.807) is 0 Å². The predicted molar refractivity (Wildman–Crippen MR) is 149 cm³/mol. The number of allylic oxidation sites excluding steroid dienone is 1. The van der Waals surface area contributed by atoms with Gasteiger partial charge >= 0.3 is 5.97 Å². The molecule has 1 spiro atoms. The van der Waals surface area contributed by atoms with E-state index in [2.05, 4.69) is 27.7 Å². The highest BCUT2D eigenvalue weighted by molar-refractivity contribution is 5.95. The lowest BCUT2D eigenvalue weighted by atomic mass is 9.59. The number of carbonyl (C=O) groups is 2. The number of hydrogen-bond acceptors (Lipinski definition) is 6. The molecule has 6 heteroatoms. The summed E-state index contributed by atoms with van der Waals surface area (Å²) in [4.78, 5) is 28.6. The van der Waals surface area contributed by atoms with Crippen molar-refractivity contribution in [1.82, 2.24) is 0 Å². The fourth-order valence-electron chi connectivity index (χ4n) is 7.78. The van der Waals surface area contributed by atoms with E-state index in [0.29, 0.717) is 12.0 Å². The Balaban J connectivity index is 1.68. The van der Waals surface area contributed by atoms with Gasteiger partial charge in [-0.25, -0.2) is 0 Å². The van der Waals surface area contributed by atoms with Gasteiger partial charge in [-0.1, -0.05) is 77.1 Å². The van der Waals surface area contributed by atoms with Crippen LogP contribution in [0.15, 0.2) is 53.6 Å². The summed E-state index contributed by atoms with van der Waals surface area (Å²) >= 11 is 0. The van der Waals surface area contributed by atoms with Gasteiger partial charge in [0.25, 0.3) is 0 Å². The molecule has 1 aromatic rings. The molecule has 0 aromatic heterocycles. The Kier molecular flexibility index (Phi) is 6.80. The fraction of sp³-hybridized carbons (Fsp3) is 0.636. The standard InChI is InChI=1S/C33H44O6/c1-9-24(22-13-11-10-12-14-22)29(35)38-27-19(2)17-32-21(4)15-20(3)30(5,6)25(26(32)34)16-23-18-37-31(7,8)39-28(23)33(27,32)36/h10-14,16-17,20-21,24-25,27-28,36H,9,15,18H2,1-8H3/t20-,21?,24?,25?,27-,28+,32?,33+/m0/s1. The molecule has 0 radical (unpaired) electrons. The number of Topliss-reactive ketones (excluding diaryl/α,β-unsaturated/α-hetero) is 1. The summed E-state index contributed by atoms with van der Waals surface area (Å²) in [5.41, 5.74) is -1.15. The van der Waals surface area contributed by atoms with Gasteiger partial charge < -0.3 is 19.3 Å². The van der Waals surface area contributed by atoms with Crippen molar-refractivity contribution in [1.29, 1.82) is 0 Å². The number of ketones is 1. The number of fused-ring (bicyclic) bond motifs is 3. The van der Waals surface area contributed by atoms with Gasteiger partial charge in [0.15, 0.2) is 23.3 Å². The van der Waals surface area contributed by atoms with Crippen LogP contribution in [0.25, 0.3) is 0 Å². The minimum atomic E-state index is -1.82. The van der Waals surface area contributed by atoms with Gasteiger partial charge in [-0.2, -0.15) is 0 Å². The van der Waals surface area contributed by atoms with Gasteiger partial charge in [0.1, 0.15) is 6.10 Å². The summed E-state index contributed by atoms with van der Waals surface area (Å²) in [5, 5.41) is 13.2. The van der Waals surface area contributed by atoms with Crippen molar-refractivity contribution in [2.45, 2.75) is 97.7 Å². The molecule has 39 heavy (non-hydrogen) atoms. The minimum Gasteiger partial charge on any atom is -0.454 e. The molecule has 8 atom stereocenters. The van der Waals surface area contributed by atoms with Crippen LogP contribution in [0.1, 0.15) is 79.7 Å². The Labute approximate surface area is 232 Å². The van der Waals surface area contributed by atoms with Crippen LogP contribution in [0.4, 0.5) is 0 Å². The second-order valence-corrected chi connectivity index (χ2v) is 13.4.